The van der Waals surface area contributed by atoms with Gasteiger partial charge in [-0.15, -0.1) is 0 Å². The van der Waals surface area contributed by atoms with Gasteiger partial charge in [0.2, 0.25) is 0 Å². The van der Waals surface area contributed by atoms with Crippen molar-refractivity contribution in [3.8, 4) is 28.7 Å². The molecule has 0 radical (unpaired) electrons. The van der Waals surface area contributed by atoms with Gasteiger partial charge in [-0.3, -0.25) is 14.8 Å². The largest absolute Gasteiger partial charge is 0.494 e. The van der Waals surface area contributed by atoms with Crippen molar-refractivity contribution < 1.29 is 77.4 Å². The van der Waals surface area contributed by atoms with Crippen molar-refractivity contribution in [3.05, 3.63) is 173 Å². The highest BCUT2D eigenvalue weighted by Crippen LogP contribution is 2.31. The minimum absolute atomic E-state index is 0.00918. The number of carbonyl (C=O) groups excluding carboxylic acids is 5. The third-order valence-electron chi connectivity index (χ3n) is 10.4. The summed E-state index contributed by atoms with van der Waals surface area (Å²) in [6.07, 6.45) is 9.41. The molecule has 16 nitrogen and oxygen atoms in total. The average Bonchev–Trinajstić information content (AvgIpc) is 3.39. The van der Waals surface area contributed by atoms with Crippen LogP contribution in [0, 0.1) is 0 Å². The van der Waals surface area contributed by atoms with E-state index in [1.165, 1.54) is 24.3 Å². The Morgan fingerprint density at radius 1 is 0.529 bits per heavy atom. The van der Waals surface area contributed by atoms with Crippen LogP contribution in [0.3, 0.4) is 0 Å². The van der Waals surface area contributed by atoms with Gasteiger partial charge in [0.25, 0.3) is 0 Å². The normalized spacial score (nSPS) is 11.1. The molecule has 70 heavy (non-hydrogen) atoms. The summed E-state index contributed by atoms with van der Waals surface area (Å²) in [7, 11) is 0. The number of ether oxygens (including phenoxy) is 5. The summed E-state index contributed by atoms with van der Waals surface area (Å²) < 4.78 is 27.1. The van der Waals surface area contributed by atoms with Crippen LogP contribution in [0.2, 0.25) is 0 Å². The van der Waals surface area contributed by atoms with Gasteiger partial charge in [-0.05, 0) is 140 Å². The summed E-state index contributed by atoms with van der Waals surface area (Å²) in [5.41, 5.74) is 2.98. The van der Waals surface area contributed by atoms with E-state index in [0.29, 0.717) is 67.2 Å². The molecule has 0 spiro atoms. The molecule has 16 heteroatoms. The van der Waals surface area contributed by atoms with Crippen LogP contribution in [0.15, 0.2) is 135 Å². The van der Waals surface area contributed by atoms with Gasteiger partial charge in [-0.25, -0.2) is 19.3 Å². The zero-order chi connectivity index (χ0) is 49.8. The lowest BCUT2D eigenvalue weighted by Crippen LogP contribution is -2.09. The van der Waals surface area contributed by atoms with Crippen LogP contribution in [0.25, 0.3) is 0 Å². The molecule has 0 aliphatic heterocycles. The van der Waals surface area contributed by atoms with E-state index >= 15 is 0 Å². The van der Waals surface area contributed by atoms with Gasteiger partial charge < -0.3 is 33.5 Å². The first kappa shape index (κ1) is 53.3. The van der Waals surface area contributed by atoms with Crippen molar-refractivity contribution in [1.82, 2.24) is 0 Å². The minimum Gasteiger partial charge on any atom is -0.494 e. The Morgan fingerprint density at radius 2 is 1.01 bits per heavy atom. The van der Waals surface area contributed by atoms with Gasteiger partial charge in [0.15, 0.2) is 24.1 Å². The molecule has 0 aromatic heterocycles. The molecular weight excluding hydrogens is 905 g/mol. The zero-order valence-corrected chi connectivity index (χ0v) is 38.7. The molecule has 368 valence electrons. The third kappa shape index (κ3) is 18.1. The molecule has 1 atom stereocenters. The highest BCUT2D eigenvalue weighted by molar-refractivity contribution is 5.91. The van der Waals surface area contributed by atoms with Gasteiger partial charge in [0.1, 0.15) is 36.6 Å². The second kappa shape index (κ2) is 30.0. The Labute approximate surface area is 406 Å². The van der Waals surface area contributed by atoms with Crippen LogP contribution in [-0.4, -0.2) is 62.2 Å². The van der Waals surface area contributed by atoms with E-state index in [-0.39, 0.29) is 47.2 Å². The molecule has 0 fully saturated rings. The van der Waals surface area contributed by atoms with E-state index in [2.05, 4.69) is 13.2 Å². The SMILES string of the molecule is C=CC(=O)OCCCCCCOc1ccc(COOc2ccc(OC(=O)c3ccc(COOc4ccc(C(OO)c5ccc(OCCCCCCOC(=O)C=C)cc5)c(C=O)c4)cc3)cc2C=O)cc1. The molecule has 0 heterocycles. The smallest absolute Gasteiger partial charge is 0.343 e. The number of hydrogen-bond donors (Lipinski definition) is 1. The molecule has 0 saturated heterocycles. The van der Waals surface area contributed by atoms with Crippen LogP contribution < -0.4 is 24.0 Å². The highest BCUT2D eigenvalue weighted by atomic mass is 17.2. The lowest BCUT2D eigenvalue weighted by molar-refractivity contribution is -0.270. The predicted molar refractivity (Wildman–Crippen MR) is 255 cm³/mol. The predicted octanol–water partition coefficient (Wildman–Crippen LogP) is 10.5. The fraction of sp³-hybridized carbons (Fsp3) is 0.278. The maximum atomic E-state index is 13.0. The van der Waals surface area contributed by atoms with Gasteiger partial charge in [-0.2, -0.15) is 9.78 Å². The van der Waals surface area contributed by atoms with Crippen molar-refractivity contribution in [2.45, 2.75) is 70.7 Å². The Balaban J connectivity index is 1.00. The Hall–Kier alpha value is -7.63. The van der Waals surface area contributed by atoms with Crippen molar-refractivity contribution in [2.75, 3.05) is 26.4 Å². The fourth-order valence-corrected chi connectivity index (χ4v) is 6.61. The molecule has 0 amide bonds. The fourth-order valence-electron chi connectivity index (χ4n) is 6.61. The molecule has 1 unspecified atom stereocenters. The topological polar surface area (TPSA) is 198 Å². The maximum Gasteiger partial charge on any atom is 0.343 e. The molecule has 0 aliphatic carbocycles. The number of rotatable bonds is 33. The first-order valence-electron chi connectivity index (χ1n) is 22.6. The van der Waals surface area contributed by atoms with E-state index in [9.17, 15) is 29.2 Å². The molecule has 0 saturated carbocycles. The maximum absolute atomic E-state index is 13.0. The number of aldehydes is 2. The summed E-state index contributed by atoms with van der Waals surface area (Å²) in [6, 6.07) is 29.6. The molecule has 0 bridgehead atoms. The number of unbranched alkanes of at least 4 members (excludes halogenated alkanes) is 6. The average molecular weight is 961 g/mol. The second-order valence-corrected chi connectivity index (χ2v) is 15.5. The summed E-state index contributed by atoms with van der Waals surface area (Å²) in [5.74, 6) is 0.323. The first-order valence-corrected chi connectivity index (χ1v) is 22.6. The molecule has 5 aromatic carbocycles. The summed E-state index contributed by atoms with van der Waals surface area (Å²) in [6.45, 7) is 8.62. The van der Waals surface area contributed by atoms with Crippen molar-refractivity contribution in [2.24, 2.45) is 0 Å². The van der Waals surface area contributed by atoms with Crippen LogP contribution in [0.4, 0.5) is 0 Å². The van der Waals surface area contributed by atoms with Gasteiger partial charge in [0.05, 0.1) is 37.6 Å². The number of carbonyl (C=O) groups is 5. The lowest BCUT2D eigenvalue weighted by atomic mass is 9.97. The summed E-state index contributed by atoms with van der Waals surface area (Å²) in [4.78, 5) is 85.5. The van der Waals surface area contributed by atoms with Crippen LogP contribution in [0.5, 0.6) is 28.7 Å². The molecular formula is C54H56O16. The van der Waals surface area contributed by atoms with Crippen LogP contribution in [0.1, 0.15) is 111 Å². The van der Waals surface area contributed by atoms with E-state index < -0.39 is 24.0 Å². The highest BCUT2D eigenvalue weighted by Gasteiger charge is 2.20. The van der Waals surface area contributed by atoms with Crippen LogP contribution >= 0.6 is 0 Å². The van der Waals surface area contributed by atoms with Crippen molar-refractivity contribution >= 4 is 30.5 Å². The van der Waals surface area contributed by atoms with Gasteiger partial charge >= 0.3 is 17.9 Å². The Morgan fingerprint density at radius 3 is 1.56 bits per heavy atom. The van der Waals surface area contributed by atoms with Gasteiger partial charge in [0, 0.05) is 17.7 Å². The molecule has 5 rings (SSSR count). The van der Waals surface area contributed by atoms with Gasteiger partial charge in [-0.1, -0.05) is 55.6 Å². The molecule has 0 aliphatic rings. The van der Waals surface area contributed by atoms with E-state index in [4.69, 9.17) is 48.1 Å². The standard InChI is InChI=1S/C54H56O16/c1-3-51(57)63-31-11-7-5-9-29-61-45-21-15-40(16-22-45)38-66-70-50-28-26-47(34-44(50)36-56)67-54(59)42-17-13-39(14-18-42)37-65-69-48-25-27-49(43(33-48)35-55)53(68-60)41-19-23-46(24-20-41)62-30-10-6-8-12-32-64-52(58)4-2/h3-4,13-28,33-36,53,60H,1-2,5-12,29-32,37-38H2. The minimum atomic E-state index is -0.976. The van der Waals surface area contributed by atoms with E-state index in [1.807, 2.05) is 24.3 Å². The van der Waals surface area contributed by atoms with E-state index in [0.717, 1.165) is 69.1 Å². The Bertz CT molecular complexity index is 2450. The Kier molecular flexibility index (Phi) is 22.8. The first-order chi connectivity index (χ1) is 34.2. The summed E-state index contributed by atoms with van der Waals surface area (Å²) >= 11 is 0. The van der Waals surface area contributed by atoms with E-state index in [1.54, 1.807) is 60.7 Å². The van der Waals surface area contributed by atoms with Crippen LogP contribution in [-0.2, 0) is 46.9 Å². The molecule has 1 N–H and O–H groups in total. The number of benzene rings is 5. The monoisotopic (exact) mass is 960 g/mol. The molecule has 5 aromatic rings. The number of hydrogen-bond acceptors (Lipinski definition) is 16. The third-order valence-corrected chi connectivity index (χ3v) is 10.4. The summed E-state index contributed by atoms with van der Waals surface area (Å²) in [5, 5.41) is 9.84. The number of esters is 3. The quantitative estimate of drug-likeness (QED) is 0.00792. The van der Waals surface area contributed by atoms with Crippen molar-refractivity contribution in [1.29, 1.82) is 0 Å². The van der Waals surface area contributed by atoms with Crippen molar-refractivity contribution in [3.63, 3.8) is 0 Å². The second-order valence-electron chi connectivity index (χ2n) is 15.5. The lowest BCUT2D eigenvalue weighted by Gasteiger charge is -2.17. The zero-order valence-electron chi connectivity index (χ0n) is 38.7.